The Labute approximate surface area is 91.3 Å². The fourth-order valence-electron chi connectivity index (χ4n) is 1.03. The van der Waals surface area contributed by atoms with Gasteiger partial charge in [0.05, 0.1) is 18.5 Å². The number of rotatable bonds is 5. The number of aromatic amines is 1. The van der Waals surface area contributed by atoms with Gasteiger partial charge in [0.2, 0.25) is 10.0 Å². The Hall–Kier alpha value is -1.45. The molecule has 0 saturated carbocycles. The van der Waals surface area contributed by atoms with E-state index in [2.05, 4.69) is 10.2 Å². The fraction of sp³-hybridized carbons (Fsp3) is 0.429. The van der Waals surface area contributed by atoms with E-state index in [-0.39, 0.29) is 10.6 Å². The third kappa shape index (κ3) is 2.56. The average Bonchev–Trinajstić information content (AvgIpc) is 2.61. The van der Waals surface area contributed by atoms with Crippen molar-refractivity contribution < 1.29 is 23.4 Å². The Balaban J connectivity index is 2.97. The van der Waals surface area contributed by atoms with Gasteiger partial charge in [-0.25, -0.2) is 8.42 Å². The lowest BCUT2D eigenvalue weighted by atomic mass is 10.3. The summed E-state index contributed by atoms with van der Waals surface area (Å²) in [5, 5.41) is 23.2. The molecule has 4 N–H and O–H groups in total. The highest BCUT2D eigenvalue weighted by atomic mass is 32.2. The summed E-state index contributed by atoms with van der Waals surface area (Å²) in [6.07, 6.45) is 1.06. The van der Waals surface area contributed by atoms with Crippen LogP contribution in [0.5, 0.6) is 0 Å². The second-order valence-corrected chi connectivity index (χ2v) is 4.74. The number of aliphatic carboxylic acids is 1. The number of nitrogens with one attached hydrogen (secondary N) is 2. The van der Waals surface area contributed by atoms with E-state index < -0.39 is 28.6 Å². The minimum absolute atomic E-state index is 0.146. The summed E-state index contributed by atoms with van der Waals surface area (Å²) in [7, 11) is -3.99. The van der Waals surface area contributed by atoms with Gasteiger partial charge in [0.15, 0.2) is 0 Å². The number of aliphatic hydroxyl groups excluding tert-OH is 1. The lowest BCUT2D eigenvalue weighted by molar-refractivity contribution is -0.139. The molecule has 0 aliphatic carbocycles. The third-order valence-electron chi connectivity index (χ3n) is 1.85. The summed E-state index contributed by atoms with van der Waals surface area (Å²) in [5.41, 5.74) is 0.287. The smallest absolute Gasteiger partial charge is 0.324 e. The predicted molar refractivity (Wildman–Crippen MR) is 52.2 cm³/mol. The van der Waals surface area contributed by atoms with Crippen LogP contribution in [-0.4, -0.2) is 47.4 Å². The van der Waals surface area contributed by atoms with Crippen LogP contribution in [0.1, 0.15) is 5.69 Å². The van der Waals surface area contributed by atoms with Crippen LogP contribution in [0.4, 0.5) is 0 Å². The molecule has 0 spiro atoms. The molecule has 16 heavy (non-hydrogen) atoms. The van der Waals surface area contributed by atoms with Gasteiger partial charge in [-0.1, -0.05) is 0 Å². The molecule has 9 heteroatoms. The molecule has 0 saturated heterocycles. The molecule has 1 rings (SSSR count). The number of nitrogens with zero attached hydrogens (tertiary/aromatic N) is 1. The quantitative estimate of drug-likeness (QED) is 0.499. The van der Waals surface area contributed by atoms with Crippen molar-refractivity contribution in [3.05, 3.63) is 11.9 Å². The summed E-state index contributed by atoms with van der Waals surface area (Å²) in [4.78, 5) is 10.4. The highest BCUT2D eigenvalue weighted by Gasteiger charge is 2.26. The van der Waals surface area contributed by atoms with Crippen LogP contribution in [-0.2, 0) is 14.8 Å². The van der Waals surface area contributed by atoms with Crippen LogP contribution in [0.25, 0.3) is 0 Å². The average molecular weight is 249 g/mol. The second kappa shape index (κ2) is 4.60. The van der Waals surface area contributed by atoms with Crippen LogP contribution in [0.15, 0.2) is 11.1 Å². The summed E-state index contributed by atoms with van der Waals surface area (Å²) in [6, 6.07) is -1.57. The number of carboxylic acids is 1. The summed E-state index contributed by atoms with van der Waals surface area (Å²) >= 11 is 0. The van der Waals surface area contributed by atoms with Crippen LogP contribution >= 0.6 is 0 Å². The number of aromatic nitrogens is 2. The molecule has 90 valence electrons. The Morgan fingerprint density at radius 2 is 2.31 bits per heavy atom. The Bertz CT molecular complexity index is 480. The van der Waals surface area contributed by atoms with Crippen molar-refractivity contribution in [3.63, 3.8) is 0 Å². The van der Waals surface area contributed by atoms with Crippen molar-refractivity contribution in [3.8, 4) is 0 Å². The molecule has 0 amide bonds. The molecule has 0 aliphatic rings. The summed E-state index contributed by atoms with van der Waals surface area (Å²) in [5.74, 6) is -1.45. The number of hydrogen-bond donors (Lipinski definition) is 4. The fourth-order valence-corrected chi connectivity index (χ4v) is 2.34. The van der Waals surface area contributed by atoms with Crippen molar-refractivity contribution in [1.29, 1.82) is 0 Å². The van der Waals surface area contributed by atoms with Crippen LogP contribution in [0.2, 0.25) is 0 Å². The third-order valence-corrected chi connectivity index (χ3v) is 3.44. The molecule has 1 heterocycles. The SMILES string of the molecule is Cc1[nH]ncc1S(=O)(=O)NC(CO)C(=O)O. The molecule has 0 aliphatic heterocycles. The molecule has 8 nitrogen and oxygen atoms in total. The van der Waals surface area contributed by atoms with Crippen molar-refractivity contribution in [2.45, 2.75) is 17.9 Å². The topological polar surface area (TPSA) is 132 Å². The lowest BCUT2D eigenvalue weighted by Crippen LogP contribution is -2.43. The zero-order chi connectivity index (χ0) is 12.3. The number of aliphatic hydroxyl groups is 1. The van der Waals surface area contributed by atoms with Gasteiger partial charge in [0.25, 0.3) is 0 Å². The molecule has 0 radical (unpaired) electrons. The number of aryl methyl sites for hydroxylation is 1. The van der Waals surface area contributed by atoms with Crippen molar-refractivity contribution in [2.24, 2.45) is 0 Å². The summed E-state index contributed by atoms with van der Waals surface area (Å²) in [6.45, 7) is 0.655. The molecule has 1 atom stereocenters. The minimum Gasteiger partial charge on any atom is -0.480 e. The molecule has 1 aromatic rings. The van der Waals surface area contributed by atoms with Crippen molar-refractivity contribution in [1.82, 2.24) is 14.9 Å². The van der Waals surface area contributed by atoms with E-state index in [0.717, 1.165) is 6.20 Å². The van der Waals surface area contributed by atoms with Gasteiger partial charge >= 0.3 is 5.97 Å². The zero-order valence-electron chi connectivity index (χ0n) is 8.34. The maximum absolute atomic E-state index is 11.6. The molecular weight excluding hydrogens is 238 g/mol. The Morgan fingerprint density at radius 3 is 2.69 bits per heavy atom. The van der Waals surface area contributed by atoms with Gasteiger partial charge in [0, 0.05) is 0 Å². The standard InChI is InChI=1S/C7H11N3O5S/c1-4-6(2-8-9-4)16(14,15)10-5(3-11)7(12)13/h2,5,10-11H,3H2,1H3,(H,8,9)(H,12,13). The van der Waals surface area contributed by atoms with Crippen LogP contribution in [0.3, 0.4) is 0 Å². The number of H-pyrrole nitrogens is 1. The first-order chi connectivity index (χ1) is 7.38. The second-order valence-electron chi connectivity index (χ2n) is 3.05. The van der Waals surface area contributed by atoms with Crippen molar-refractivity contribution >= 4 is 16.0 Å². The minimum atomic E-state index is -3.99. The normalized spacial score (nSPS) is 13.6. The van der Waals surface area contributed by atoms with Crippen LogP contribution < -0.4 is 4.72 Å². The van der Waals surface area contributed by atoms with E-state index in [9.17, 15) is 13.2 Å². The van der Waals surface area contributed by atoms with Gasteiger partial charge < -0.3 is 10.2 Å². The van der Waals surface area contributed by atoms with Gasteiger partial charge in [-0.15, -0.1) is 0 Å². The molecule has 0 fully saturated rings. The van der Waals surface area contributed by atoms with E-state index >= 15 is 0 Å². The predicted octanol–water partition coefficient (Wildman–Crippen LogP) is -1.56. The molecule has 0 aromatic carbocycles. The first-order valence-electron chi connectivity index (χ1n) is 4.24. The van der Waals surface area contributed by atoms with Gasteiger partial charge in [-0.05, 0) is 6.92 Å². The Kier molecular flexibility index (Phi) is 3.62. The van der Waals surface area contributed by atoms with E-state index in [1.54, 1.807) is 0 Å². The highest BCUT2D eigenvalue weighted by molar-refractivity contribution is 7.89. The zero-order valence-corrected chi connectivity index (χ0v) is 9.15. The van der Waals surface area contributed by atoms with Gasteiger partial charge in [-0.3, -0.25) is 9.89 Å². The summed E-state index contributed by atoms with van der Waals surface area (Å²) < 4.78 is 25.1. The largest absolute Gasteiger partial charge is 0.480 e. The van der Waals surface area contributed by atoms with E-state index in [4.69, 9.17) is 10.2 Å². The maximum atomic E-state index is 11.6. The lowest BCUT2D eigenvalue weighted by Gasteiger charge is -2.11. The first-order valence-corrected chi connectivity index (χ1v) is 5.72. The Morgan fingerprint density at radius 1 is 1.69 bits per heavy atom. The van der Waals surface area contributed by atoms with Crippen molar-refractivity contribution in [2.75, 3.05) is 6.61 Å². The number of hydrogen-bond acceptors (Lipinski definition) is 5. The molecule has 0 bridgehead atoms. The number of carbonyl (C=O) groups is 1. The number of sulfonamides is 1. The maximum Gasteiger partial charge on any atom is 0.324 e. The highest BCUT2D eigenvalue weighted by Crippen LogP contribution is 2.11. The molecule has 1 unspecified atom stereocenters. The van der Waals surface area contributed by atoms with E-state index in [1.807, 2.05) is 4.72 Å². The first kappa shape index (κ1) is 12.6. The number of carboxylic acid groups (broad SMARTS) is 1. The van der Waals surface area contributed by atoms with Gasteiger partial charge in [-0.2, -0.15) is 9.82 Å². The van der Waals surface area contributed by atoms with Crippen LogP contribution in [0, 0.1) is 6.92 Å². The van der Waals surface area contributed by atoms with E-state index in [1.165, 1.54) is 6.92 Å². The molecular formula is C7H11N3O5S. The molecule has 1 aromatic heterocycles. The van der Waals surface area contributed by atoms with E-state index in [0.29, 0.717) is 0 Å². The van der Waals surface area contributed by atoms with Gasteiger partial charge in [0.1, 0.15) is 10.9 Å². The monoisotopic (exact) mass is 249 g/mol.